The summed E-state index contributed by atoms with van der Waals surface area (Å²) in [6.45, 7) is 6.02. The molecule has 158 valence electrons. The van der Waals surface area contributed by atoms with Crippen LogP contribution >= 0.6 is 0 Å². The molecular formula is C21H22N2O7. The van der Waals surface area contributed by atoms with E-state index in [1.807, 2.05) is 12.1 Å². The van der Waals surface area contributed by atoms with Crippen molar-refractivity contribution in [1.29, 1.82) is 0 Å². The fraction of sp³-hybridized carbons (Fsp3) is 0.333. The van der Waals surface area contributed by atoms with Gasteiger partial charge in [0.15, 0.2) is 17.6 Å². The predicted octanol–water partition coefficient (Wildman–Crippen LogP) is 3.67. The first kappa shape index (κ1) is 21.1. The van der Waals surface area contributed by atoms with Gasteiger partial charge in [0, 0.05) is 11.8 Å². The summed E-state index contributed by atoms with van der Waals surface area (Å²) in [4.78, 5) is 35.6. The second kappa shape index (κ2) is 8.81. The molecule has 1 heterocycles. The molecule has 1 aliphatic heterocycles. The van der Waals surface area contributed by atoms with E-state index in [9.17, 15) is 19.7 Å². The van der Waals surface area contributed by atoms with Crippen LogP contribution in [0, 0.1) is 10.1 Å². The molecule has 1 N–H and O–H groups in total. The number of hydrogen-bond donors (Lipinski definition) is 1. The number of rotatable bonds is 6. The monoisotopic (exact) mass is 414 g/mol. The predicted molar refractivity (Wildman–Crippen MR) is 108 cm³/mol. The van der Waals surface area contributed by atoms with Gasteiger partial charge in [-0.25, -0.2) is 4.79 Å². The van der Waals surface area contributed by atoms with E-state index in [0.717, 1.165) is 11.6 Å². The van der Waals surface area contributed by atoms with Crippen LogP contribution in [0.2, 0.25) is 0 Å². The van der Waals surface area contributed by atoms with Crippen molar-refractivity contribution in [3.63, 3.8) is 0 Å². The number of hydrogen-bond acceptors (Lipinski definition) is 7. The molecule has 0 aliphatic carbocycles. The van der Waals surface area contributed by atoms with Crippen LogP contribution in [-0.2, 0) is 9.53 Å². The van der Waals surface area contributed by atoms with Gasteiger partial charge >= 0.3 is 5.97 Å². The number of nitro groups is 1. The van der Waals surface area contributed by atoms with Gasteiger partial charge in [-0.15, -0.1) is 0 Å². The number of anilines is 1. The number of fused-ring (bicyclic) bond motifs is 1. The van der Waals surface area contributed by atoms with Gasteiger partial charge in [-0.1, -0.05) is 26.0 Å². The Kier molecular flexibility index (Phi) is 6.20. The number of nitro benzene ring substituents is 1. The number of amides is 1. The lowest BCUT2D eigenvalue weighted by Gasteiger charge is -2.19. The molecule has 0 radical (unpaired) electrons. The van der Waals surface area contributed by atoms with Gasteiger partial charge in [-0.3, -0.25) is 14.9 Å². The van der Waals surface area contributed by atoms with Gasteiger partial charge in [0.1, 0.15) is 18.8 Å². The molecule has 2 aromatic carbocycles. The highest BCUT2D eigenvalue weighted by Crippen LogP contribution is 2.37. The highest BCUT2D eigenvalue weighted by molar-refractivity contribution is 5.99. The van der Waals surface area contributed by atoms with Crippen LogP contribution in [0.1, 0.15) is 42.6 Å². The molecule has 1 aliphatic rings. The van der Waals surface area contributed by atoms with Crippen molar-refractivity contribution in [2.24, 2.45) is 0 Å². The Morgan fingerprint density at radius 1 is 1.07 bits per heavy atom. The second-order valence-corrected chi connectivity index (χ2v) is 7.08. The van der Waals surface area contributed by atoms with Crippen LogP contribution in [0.5, 0.6) is 11.5 Å². The summed E-state index contributed by atoms with van der Waals surface area (Å²) >= 11 is 0. The van der Waals surface area contributed by atoms with E-state index in [1.165, 1.54) is 13.0 Å². The lowest BCUT2D eigenvalue weighted by atomic mass is 10.0. The van der Waals surface area contributed by atoms with Crippen molar-refractivity contribution in [2.75, 3.05) is 18.5 Å². The first-order valence-corrected chi connectivity index (χ1v) is 9.46. The fourth-order valence-electron chi connectivity index (χ4n) is 2.87. The van der Waals surface area contributed by atoms with Gasteiger partial charge in [-0.2, -0.15) is 0 Å². The van der Waals surface area contributed by atoms with Crippen LogP contribution in [0.25, 0.3) is 0 Å². The Balaban J connectivity index is 1.71. The summed E-state index contributed by atoms with van der Waals surface area (Å²) in [5.74, 6) is -0.810. The molecule has 1 amide bonds. The molecule has 0 fully saturated rings. The van der Waals surface area contributed by atoms with Crippen molar-refractivity contribution in [3.8, 4) is 11.5 Å². The zero-order valence-corrected chi connectivity index (χ0v) is 16.8. The van der Waals surface area contributed by atoms with Gasteiger partial charge < -0.3 is 19.5 Å². The average Bonchev–Trinajstić information content (AvgIpc) is 2.72. The average molecular weight is 414 g/mol. The van der Waals surface area contributed by atoms with E-state index in [4.69, 9.17) is 14.2 Å². The maximum absolute atomic E-state index is 12.5. The first-order valence-electron chi connectivity index (χ1n) is 9.46. The molecule has 0 spiro atoms. The van der Waals surface area contributed by atoms with Gasteiger partial charge in [0.2, 0.25) is 0 Å². The summed E-state index contributed by atoms with van der Waals surface area (Å²) in [7, 11) is 0. The van der Waals surface area contributed by atoms with Crippen LogP contribution in [0.3, 0.4) is 0 Å². The van der Waals surface area contributed by atoms with E-state index in [0.29, 0.717) is 11.6 Å². The smallest absolute Gasteiger partial charge is 0.346 e. The van der Waals surface area contributed by atoms with Crippen molar-refractivity contribution in [1.82, 2.24) is 0 Å². The fourth-order valence-corrected chi connectivity index (χ4v) is 2.87. The summed E-state index contributed by atoms with van der Waals surface area (Å²) in [6, 6.07) is 9.63. The summed E-state index contributed by atoms with van der Waals surface area (Å²) in [6.07, 6.45) is -1.17. The van der Waals surface area contributed by atoms with Crippen LogP contribution < -0.4 is 14.8 Å². The molecule has 3 rings (SSSR count). The Bertz CT molecular complexity index is 970. The molecule has 0 unspecified atom stereocenters. The molecular weight excluding hydrogens is 392 g/mol. The standard InChI is InChI=1S/C21H22N2O7/c1-12(2)14-4-6-15(7-5-14)22-20(24)13(3)30-21(25)16-10-18-19(29-9-8-28-18)11-17(16)23(26)27/h4-7,10-13H,8-9H2,1-3H3,(H,22,24)/t13-/m0/s1. The van der Waals surface area contributed by atoms with Gasteiger partial charge in [-0.05, 0) is 30.5 Å². The quantitative estimate of drug-likeness (QED) is 0.435. The molecule has 2 aromatic rings. The van der Waals surface area contributed by atoms with Crippen molar-refractivity contribution >= 4 is 23.3 Å². The number of carbonyl (C=O) groups excluding carboxylic acids is 2. The van der Waals surface area contributed by atoms with E-state index in [2.05, 4.69) is 19.2 Å². The molecule has 0 saturated heterocycles. The number of carbonyl (C=O) groups is 2. The third kappa shape index (κ3) is 4.68. The maximum atomic E-state index is 12.5. The largest absolute Gasteiger partial charge is 0.486 e. The number of esters is 1. The highest BCUT2D eigenvalue weighted by Gasteiger charge is 2.29. The third-order valence-electron chi connectivity index (χ3n) is 4.58. The number of benzene rings is 2. The molecule has 9 nitrogen and oxygen atoms in total. The Morgan fingerprint density at radius 3 is 2.23 bits per heavy atom. The van der Waals surface area contributed by atoms with Crippen LogP contribution in [0.4, 0.5) is 11.4 Å². The molecule has 1 atom stereocenters. The zero-order chi connectivity index (χ0) is 21.8. The molecule has 0 aromatic heterocycles. The number of nitrogens with zero attached hydrogens (tertiary/aromatic N) is 1. The minimum Gasteiger partial charge on any atom is -0.486 e. The first-order chi connectivity index (χ1) is 14.3. The lowest BCUT2D eigenvalue weighted by molar-refractivity contribution is -0.385. The second-order valence-electron chi connectivity index (χ2n) is 7.08. The molecule has 0 saturated carbocycles. The Hall–Kier alpha value is -3.62. The maximum Gasteiger partial charge on any atom is 0.346 e. The summed E-state index contributed by atoms with van der Waals surface area (Å²) in [5.41, 5.74) is 0.877. The third-order valence-corrected chi connectivity index (χ3v) is 4.58. The summed E-state index contributed by atoms with van der Waals surface area (Å²) < 4.78 is 15.8. The van der Waals surface area contributed by atoms with Crippen molar-refractivity contribution in [3.05, 3.63) is 57.6 Å². The van der Waals surface area contributed by atoms with Gasteiger partial charge in [0.05, 0.1) is 11.0 Å². The molecule has 30 heavy (non-hydrogen) atoms. The molecule has 9 heteroatoms. The molecule has 0 bridgehead atoms. The normalized spacial score (nSPS) is 13.5. The van der Waals surface area contributed by atoms with Crippen LogP contribution in [0.15, 0.2) is 36.4 Å². The van der Waals surface area contributed by atoms with E-state index < -0.39 is 28.6 Å². The van der Waals surface area contributed by atoms with E-state index in [1.54, 1.807) is 12.1 Å². The van der Waals surface area contributed by atoms with Crippen LogP contribution in [-0.4, -0.2) is 36.1 Å². The van der Waals surface area contributed by atoms with Crippen molar-refractivity contribution < 1.29 is 28.7 Å². The highest BCUT2D eigenvalue weighted by atomic mass is 16.6. The lowest BCUT2D eigenvalue weighted by Crippen LogP contribution is -2.30. The summed E-state index contributed by atoms with van der Waals surface area (Å²) in [5, 5.41) is 14.0. The Morgan fingerprint density at radius 2 is 1.67 bits per heavy atom. The SMILES string of the molecule is CC(C)c1ccc(NC(=O)[C@H](C)OC(=O)c2cc3c(cc2[N+](=O)[O-])OCCO3)cc1. The zero-order valence-electron chi connectivity index (χ0n) is 16.8. The van der Waals surface area contributed by atoms with E-state index >= 15 is 0 Å². The number of nitrogens with one attached hydrogen (secondary N) is 1. The Labute approximate surface area is 173 Å². The van der Waals surface area contributed by atoms with Crippen molar-refractivity contribution in [2.45, 2.75) is 32.8 Å². The minimum absolute atomic E-state index is 0.181. The van der Waals surface area contributed by atoms with E-state index in [-0.39, 0.29) is 30.3 Å². The topological polar surface area (TPSA) is 117 Å². The van der Waals surface area contributed by atoms with Gasteiger partial charge in [0.25, 0.3) is 11.6 Å². The minimum atomic E-state index is -1.17. The number of ether oxygens (including phenoxy) is 3.